The van der Waals surface area contributed by atoms with Crippen molar-refractivity contribution in [3.63, 3.8) is 0 Å². The number of rotatable bonds is 6. The van der Waals surface area contributed by atoms with Gasteiger partial charge < -0.3 is 15.4 Å². The van der Waals surface area contributed by atoms with Crippen LogP contribution in [0.25, 0.3) is 10.9 Å². The summed E-state index contributed by atoms with van der Waals surface area (Å²) in [6.07, 6.45) is 0.676. The van der Waals surface area contributed by atoms with E-state index < -0.39 is 17.7 Å². The second-order valence-corrected chi connectivity index (χ2v) is 8.65. The minimum absolute atomic E-state index is 0.0562. The summed E-state index contributed by atoms with van der Waals surface area (Å²) in [5.41, 5.74) is 4.77. The predicted molar refractivity (Wildman–Crippen MR) is 142 cm³/mol. The Labute approximate surface area is 217 Å². The van der Waals surface area contributed by atoms with Gasteiger partial charge in [-0.2, -0.15) is 0 Å². The number of methoxy groups -OCH3 is 1. The minimum Gasteiger partial charge on any atom is -0.494 e. The molecule has 0 saturated carbocycles. The van der Waals surface area contributed by atoms with Crippen molar-refractivity contribution in [2.75, 3.05) is 23.2 Å². The number of anilines is 2. The zero-order chi connectivity index (χ0) is 25.8. The lowest BCUT2D eigenvalue weighted by atomic mass is 10.1. The van der Waals surface area contributed by atoms with Gasteiger partial charge in [-0.25, -0.2) is 4.68 Å². The van der Waals surface area contributed by atoms with Crippen LogP contribution in [0.4, 0.5) is 11.4 Å². The van der Waals surface area contributed by atoms with Gasteiger partial charge in [-0.15, -0.1) is 0 Å². The number of nitrogens with zero attached hydrogens (tertiary/aromatic N) is 1. The van der Waals surface area contributed by atoms with Crippen LogP contribution in [-0.2, 0) is 16.0 Å². The number of carbonyl (C=O) groups is 3. The van der Waals surface area contributed by atoms with Crippen LogP contribution < -0.4 is 20.8 Å². The van der Waals surface area contributed by atoms with E-state index in [9.17, 15) is 14.4 Å². The maximum atomic E-state index is 13.2. The molecule has 3 amide bonds. The normalized spacial score (nSPS) is 10.7. The number of aromatic nitrogens is 1. The Bertz CT molecular complexity index is 1460. The summed E-state index contributed by atoms with van der Waals surface area (Å²) in [6.45, 7) is 1.95. The van der Waals surface area contributed by atoms with E-state index in [1.807, 2.05) is 19.1 Å². The summed E-state index contributed by atoms with van der Waals surface area (Å²) in [5.74, 6) is -2.03. The molecular weight excluding hydrogens is 503 g/mol. The van der Waals surface area contributed by atoms with Gasteiger partial charge in [-0.05, 0) is 48.4 Å². The molecule has 1 aromatic heterocycles. The van der Waals surface area contributed by atoms with Gasteiger partial charge in [0.25, 0.3) is 5.91 Å². The van der Waals surface area contributed by atoms with Crippen LogP contribution in [0.15, 0.2) is 66.7 Å². The molecule has 184 valence electrons. The number of benzene rings is 3. The molecule has 1 heterocycles. The van der Waals surface area contributed by atoms with Crippen molar-refractivity contribution >= 4 is 63.2 Å². The predicted octanol–water partition coefficient (Wildman–Crippen LogP) is 5.48. The Kier molecular flexibility index (Phi) is 7.47. The second-order valence-electron chi connectivity index (χ2n) is 7.78. The Morgan fingerprint density at radius 1 is 0.889 bits per heavy atom. The van der Waals surface area contributed by atoms with Crippen LogP contribution in [0.5, 0.6) is 5.75 Å². The quantitative estimate of drug-likeness (QED) is 0.290. The summed E-state index contributed by atoms with van der Waals surface area (Å²) in [4.78, 5) is 38.9. The van der Waals surface area contributed by atoms with Crippen molar-refractivity contribution in [3.05, 3.63) is 88.0 Å². The first-order valence-electron chi connectivity index (χ1n) is 11.0. The number of para-hydroxylation sites is 2. The van der Waals surface area contributed by atoms with E-state index in [4.69, 9.17) is 27.9 Å². The van der Waals surface area contributed by atoms with Gasteiger partial charge >= 0.3 is 11.8 Å². The molecule has 0 bridgehead atoms. The molecule has 10 heteroatoms. The number of nitrogens with one attached hydrogen (secondary N) is 3. The van der Waals surface area contributed by atoms with E-state index in [2.05, 4.69) is 16.1 Å². The van der Waals surface area contributed by atoms with E-state index in [0.29, 0.717) is 44.5 Å². The number of hydrogen-bond acceptors (Lipinski definition) is 4. The molecule has 0 saturated heterocycles. The highest BCUT2D eigenvalue weighted by Crippen LogP contribution is 2.29. The molecule has 0 aliphatic rings. The largest absolute Gasteiger partial charge is 0.494 e. The summed E-state index contributed by atoms with van der Waals surface area (Å²) in [6, 6.07) is 18.6. The van der Waals surface area contributed by atoms with Gasteiger partial charge in [-0.3, -0.25) is 19.8 Å². The van der Waals surface area contributed by atoms with Gasteiger partial charge in [0.2, 0.25) is 0 Å². The van der Waals surface area contributed by atoms with E-state index >= 15 is 0 Å². The molecule has 0 spiro atoms. The van der Waals surface area contributed by atoms with Crippen molar-refractivity contribution in [3.8, 4) is 5.75 Å². The van der Waals surface area contributed by atoms with Gasteiger partial charge in [-0.1, -0.05) is 60.5 Å². The summed E-state index contributed by atoms with van der Waals surface area (Å²) < 4.78 is 6.67. The van der Waals surface area contributed by atoms with Crippen LogP contribution in [0.3, 0.4) is 0 Å². The van der Waals surface area contributed by atoms with Gasteiger partial charge in [0.05, 0.1) is 7.11 Å². The molecule has 3 N–H and O–H groups in total. The van der Waals surface area contributed by atoms with Gasteiger partial charge in [0.1, 0.15) is 17.0 Å². The number of aryl methyl sites for hydroxylation is 1. The molecule has 3 aromatic carbocycles. The van der Waals surface area contributed by atoms with Crippen molar-refractivity contribution in [2.45, 2.75) is 13.3 Å². The van der Waals surface area contributed by atoms with E-state index in [1.165, 1.54) is 30.0 Å². The molecule has 0 unspecified atom stereocenters. The monoisotopic (exact) mass is 524 g/mol. The first-order chi connectivity index (χ1) is 17.3. The fourth-order valence-electron chi connectivity index (χ4n) is 3.78. The van der Waals surface area contributed by atoms with Crippen molar-refractivity contribution in [1.29, 1.82) is 0 Å². The number of hydrogen-bond donors (Lipinski definition) is 3. The van der Waals surface area contributed by atoms with Gasteiger partial charge in [0.15, 0.2) is 0 Å². The lowest BCUT2D eigenvalue weighted by molar-refractivity contribution is -0.133. The molecule has 0 fully saturated rings. The van der Waals surface area contributed by atoms with Crippen LogP contribution in [0.2, 0.25) is 10.0 Å². The van der Waals surface area contributed by atoms with Gasteiger partial charge in [0, 0.05) is 26.8 Å². The summed E-state index contributed by atoms with van der Waals surface area (Å²) in [7, 11) is 1.47. The zero-order valence-electron chi connectivity index (χ0n) is 19.4. The Hall–Kier alpha value is -4.01. The van der Waals surface area contributed by atoms with Crippen molar-refractivity contribution in [1.82, 2.24) is 4.68 Å². The summed E-state index contributed by atoms with van der Waals surface area (Å²) in [5, 5.41) is 6.64. The second kappa shape index (κ2) is 10.7. The molecule has 8 nitrogen and oxygen atoms in total. The molecule has 36 heavy (non-hydrogen) atoms. The standard InChI is InChI=1S/C26H22Cl2N4O4/c1-3-15-7-4-5-9-20(15)30-25(34)26(35)31-32-21(11-16-8-6-10-22(36-2)23(16)32)24(33)29-19-13-17(27)12-18(28)14-19/h4-14H,3H2,1-2H3,(H,29,33)(H,30,34)(H,31,35). The fraction of sp³-hybridized carbons (Fsp3) is 0.115. The van der Waals surface area contributed by atoms with Crippen molar-refractivity contribution in [2.24, 2.45) is 0 Å². The molecule has 4 aromatic rings. The average molecular weight is 525 g/mol. The van der Waals surface area contributed by atoms with Crippen LogP contribution in [0.1, 0.15) is 23.0 Å². The molecular formula is C26H22Cl2N4O4. The topological polar surface area (TPSA) is 101 Å². The number of amides is 3. The van der Waals surface area contributed by atoms with Crippen LogP contribution in [-0.4, -0.2) is 29.5 Å². The SMILES string of the molecule is CCc1ccccc1NC(=O)C(=O)Nn1c(C(=O)Nc2cc(Cl)cc(Cl)c2)cc2cccc(OC)c21. The number of halogens is 2. The first kappa shape index (κ1) is 25.1. The highest BCUT2D eigenvalue weighted by molar-refractivity contribution is 6.42. The van der Waals surface area contributed by atoms with E-state index in [-0.39, 0.29) is 5.69 Å². The first-order valence-corrected chi connectivity index (χ1v) is 11.7. The fourth-order valence-corrected chi connectivity index (χ4v) is 4.30. The Morgan fingerprint density at radius 3 is 2.31 bits per heavy atom. The lowest BCUT2D eigenvalue weighted by Gasteiger charge is -2.15. The zero-order valence-corrected chi connectivity index (χ0v) is 20.9. The Morgan fingerprint density at radius 2 is 1.61 bits per heavy atom. The Balaban J connectivity index is 1.68. The van der Waals surface area contributed by atoms with Crippen LogP contribution in [0, 0.1) is 0 Å². The maximum Gasteiger partial charge on any atom is 0.328 e. The van der Waals surface area contributed by atoms with E-state index in [1.54, 1.807) is 36.4 Å². The number of carbonyl (C=O) groups excluding carboxylic acids is 3. The molecule has 0 atom stereocenters. The lowest BCUT2D eigenvalue weighted by Crippen LogP contribution is -2.36. The third-order valence-electron chi connectivity index (χ3n) is 5.43. The highest BCUT2D eigenvalue weighted by atomic mass is 35.5. The maximum absolute atomic E-state index is 13.2. The summed E-state index contributed by atoms with van der Waals surface area (Å²) >= 11 is 12.1. The smallest absolute Gasteiger partial charge is 0.328 e. The third-order valence-corrected chi connectivity index (χ3v) is 5.86. The average Bonchev–Trinajstić information content (AvgIpc) is 3.22. The number of ether oxygens (including phenoxy) is 1. The molecule has 4 rings (SSSR count). The molecule has 0 aliphatic carbocycles. The van der Waals surface area contributed by atoms with Crippen molar-refractivity contribution < 1.29 is 19.1 Å². The highest BCUT2D eigenvalue weighted by Gasteiger charge is 2.23. The molecule has 0 aliphatic heterocycles. The number of fused-ring (bicyclic) bond motifs is 1. The van der Waals surface area contributed by atoms with Crippen LogP contribution >= 0.6 is 23.2 Å². The third kappa shape index (κ3) is 5.30. The minimum atomic E-state index is -0.968. The van der Waals surface area contributed by atoms with E-state index in [0.717, 1.165) is 5.56 Å². The molecule has 0 radical (unpaired) electrons.